The van der Waals surface area contributed by atoms with Crippen LogP contribution in [0.5, 0.6) is 0 Å². The van der Waals surface area contributed by atoms with E-state index in [0.29, 0.717) is 0 Å². The number of benzene rings is 1. The van der Waals surface area contributed by atoms with E-state index < -0.39 is 0 Å². The van der Waals surface area contributed by atoms with E-state index in [1.165, 1.54) is 18.5 Å². The highest BCUT2D eigenvalue weighted by Crippen LogP contribution is 2.34. The summed E-state index contributed by atoms with van der Waals surface area (Å²) in [5, 5.41) is 4.35. The molecule has 1 nitrogen and oxygen atoms in total. The second-order valence-corrected chi connectivity index (χ2v) is 5.02. The molecular weight excluding hydrogens is 206 g/mol. The van der Waals surface area contributed by atoms with Crippen molar-refractivity contribution in [2.24, 2.45) is 11.8 Å². The summed E-state index contributed by atoms with van der Waals surface area (Å²) >= 11 is 6.07. The smallest absolute Gasteiger partial charge is 0.0455 e. The van der Waals surface area contributed by atoms with Gasteiger partial charge in [-0.05, 0) is 42.9 Å². The summed E-state index contributed by atoms with van der Waals surface area (Å²) in [5.74, 6) is 1.74. The van der Waals surface area contributed by atoms with Crippen molar-refractivity contribution in [1.82, 2.24) is 0 Å². The van der Waals surface area contributed by atoms with Gasteiger partial charge in [-0.3, -0.25) is 0 Å². The van der Waals surface area contributed by atoms with E-state index in [1.807, 2.05) is 12.1 Å². The number of nitrogens with one attached hydrogen (secondary N) is 1. The fourth-order valence-corrected chi connectivity index (χ4v) is 2.25. The predicted molar refractivity (Wildman–Crippen MR) is 66.6 cm³/mol. The molecule has 2 heteroatoms. The first-order valence-electron chi connectivity index (χ1n) is 5.67. The molecule has 0 heterocycles. The number of hydrogen-bond donors (Lipinski definition) is 1. The Hall–Kier alpha value is -0.690. The monoisotopic (exact) mass is 223 g/mol. The van der Waals surface area contributed by atoms with Crippen LogP contribution in [-0.4, -0.2) is 6.54 Å². The van der Waals surface area contributed by atoms with Crippen molar-refractivity contribution in [3.8, 4) is 0 Å². The lowest BCUT2D eigenvalue weighted by Crippen LogP contribution is -2.29. The van der Waals surface area contributed by atoms with Crippen molar-refractivity contribution in [1.29, 1.82) is 0 Å². The van der Waals surface area contributed by atoms with Crippen LogP contribution in [0.3, 0.4) is 0 Å². The van der Waals surface area contributed by atoms with Gasteiger partial charge in [0.05, 0.1) is 0 Å². The van der Waals surface area contributed by atoms with Gasteiger partial charge in [0.25, 0.3) is 0 Å². The Morgan fingerprint density at radius 1 is 1.40 bits per heavy atom. The van der Waals surface area contributed by atoms with Gasteiger partial charge in [0, 0.05) is 17.3 Å². The van der Waals surface area contributed by atoms with Crippen LogP contribution in [0.25, 0.3) is 0 Å². The first kappa shape index (κ1) is 10.8. The average Bonchev–Trinajstić information content (AvgIpc) is 2.22. The molecule has 0 aromatic heterocycles. The molecule has 1 fully saturated rings. The number of halogens is 1. The topological polar surface area (TPSA) is 12.0 Å². The zero-order chi connectivity index (χ0) is 10.8. The first-order valence-corrected chi connectivity index (χ1v) is 6.05. The maximum absolute atomic E-state index is 6.07. The second-order valence-electron chi connectivity index (χ2n) is 4.61. The van der Waals surface area contributed by atoms with E-state index in [1.54, 1.807) is 0 Å². The molecule has 15 heavy (non-hydrogen) atoms. The van der Waals surface area contributed by atoms with E-state index in [2.05, 4.69) is 25.2 Å². The molecule has 0 unspecified atom stereocenters. The molecular formula is C13H18ClN. The van der Waals surface area contributed by atoms with Gasteiger partial charge >= 0.3 is 0 Å². The Morgan fingerprint density at radius 3 is 2.80 bits per heavy atom. The average molecular weight is 224 g/mol. The van der Waals surface area contributed by atoms with Crippen molar-refractivity contribution in [3.05, 3.63) is 28.8 Å². The maximum Gasteiger partial charge on any atom is 0.0455 e. The minimum atomic E-state index is 0.849. The molecule has 1 aromatic rings. The summed E-state index contributed by atoms with van der Waals surface area (Å²) in [6, 6.07) is 6.04. The van der Waals surface area contributed by atoms with Gasteiger partial charge in [-0.25, -0.2) is 0 Å². The third kappa shape index (κ3) is 2.28. The fraction of sp³-hybridized carbons (Fsp3) is 0.538. The van der Waals surface area contributed by atoms with E-state index >= 15 is 0 Å². The molecule has 0 aliphatic heterocycles. The summed E-state index contributed by atoms with van der Waals surface area (Å²) in [4.78, 5) is 0. The zero-order valence-corrected chi connectivity index (χ0v) is 10.1. The van der Waals surface area contributed by atoms with E-state index in [0.717, 1.165) is 29.0 Å². The highest BCUT2D eigenvalue weighted by molar-refractivity contribution is 6.31. The van der Waals surface area contributed by atoms with Crippen LogP contribution in [0.1, 0.15) is 25.3 Å². The van der Waals surface area contributed by atoms with Crippen LogP contribution in [0.2, 0.25) is 5.02 Å². The van der Waals surface area contributed by atoms with Gasteiger partial charge in [-0.15, -0.1) is 0 Å². The lowest BCUT2D eigenvalue weighted by Gasteiger charge is -2.34. The van der Waals surface area contributed by atoms with Crippen LogP contribution in [-0.2, 0) is 0 Å². The van der Waals surface area contributed by atoms with Gasteiger partial charge in [0.1, 0.15) is 0 Å². The Bertz CT molecular complexity index is 348. The molecule has 0 saturated heterocycles. The number of anilines is 1. The van der Waals surface area contributed by atoms with Gasteiger partial charge in [0.2, 0.25) is 0 Å². The van der Waals surface area contributed by atoms with E-state index in [-0.39, 0.29) is 0 Å². The van der Waals surface area contributed by atoms with Crippen LogP contribution in [0.4, 0.5) is 5.69 Å². The number of hydrogen-bond acceptors (Lipinski definition) is 1. The SMILES string of the molecule is Cc1c(Cl)cccc1NC[C@@H]1CC[C@@H]1C. The second kappa shape index (κ2) is 4.44. The van der Waals surface area contributed by atoms with Gasteiger partial charge < -0.3 is 5.32 Å². The van der Waals surface area contributed by atoms with Crippen molar-refractivity contribution in [2.45, 2.75) is 26.7 Å². The Balaban J connectivity index is 1.96. The van der Waals surface area contributed by atoms with Gasteiger partial charge in [-0.2, -0.15) is 0 Å². The summed E-state index contributed by atoms with van der Waals surface area (Å²) < 4.78 is 0. The van der Waals surface area contributed by atoms with Crippen molar-refractivity contribution < 1.29 is 0 Å². The molecule has 0 spiro atoms. The Morgan fingerprint density at radius 2 is 2.20 bits per heavy atom. The summed E-state index contributed by atoms with van der Waals surface area (Å²) in [5.41, 5.74) is 2.34. The molecule has 1 aromatic carbocycles. The molecule has 0 bridgehead atoms. The molecule has 0 amide bonds. The molecule has 82 valence electrons. The highest BCUT2D eigenvalue weighted by atomic mass is 35.5. The third-order valence-electron chi connectivity index (χ3n) is 3.62. The lowest BCUT2D eigenvalue weighted by atomic mass is 9.75. The van der Waals surface area contributed by atoms with Crippen molar-refractivity contribution in [2.75, 3.05) is 11.9 Å². The van der Waals surface area contributed by atoms with Gasteiger partial charge in [0.15, 0.2) is 0 Å². The van der Waals surface area contributed by atoms with Crippen LogP contribution >= 0.6 is 11.6 Å². The predicted octanol–water partition coefficient (Wildman–Crippen LogP) is 4.11. The number of rotatable bonds is 3. The summed E-state index contributed by atoms with van der Waals surface area (Å²) in [6.45, 7) is 5.48. The molecule has 1 saturated carbocycles. The summed E-state index contributed by atoms with van der Waals surface area (Å²) in [7, 11) is 0. The van der Waals surface area contributed by atoms with E-state index in [4.69, 9.17) is 11.6 Å². The minimum Gasteiger partial charge on any atom is -0.385 e. The lowest BCUT2D eigenvalue weighted by molar-refractivity contribution is 0.210. The third-order valence-corrected chi connectivity index (χ3v) is 4.03. The molecule has 1 aliphatic carbocycles. The van der Waals surface area contributed by atoms with Crippen LogP contribution in [0, 0.1) is 18.8 Å². The molecule has 1 aliphatic rings. The first-order chi connectivity index (χ1) is 7.18. The molecule has 2 rings (SSSR count). The van der Waals surface area contributed by atoms with E-state index in [9.17, 15) is 0 Å². The van der Waals surface area contributed by atoms with Crippen molar-refractivity contribution in [3.63, 3.8) is 0 Å². The van der Waals surface area contributed by atoms with Crippen LogP contribution < -0.4 is 5.32 Å². The summed E-state index contributed by atoms with van der Waals surface area (Å²) in [6.07, 6.45) is 2.76. The zero-order valence-electron chi connectivity index (χ0n) is 9.39. The minimum absolute atomic E-state index is 0.849. The van der Waals surface area contributed by atoms with Gasteiger partial charge in [-0.1, -0.05) is 31.0 Å². The molecule has 2 atom stereocenters. The largest absolute Gasteiger partial charge is 0.385 e. The fourth-order valence-electron chi connectivity index (χ4n) is 2.08. The van der Waals surface area contributed by atoms with Crippen molar-refractivity contribution >= 4 is 17.3 Å². The molecule has 0 radical (unpaired) electrons. The Kier molecular flexibility index (Phi) is 3.20. The normalized spacial score (nSPS) is 24.7. The highest BCUT2D eigenvalue weighted by Gasteiger charge is 2.26. The van der Waals surface area contributed by atoms with Crippen LogP contribution in [0.15, 0.2) is 18.2 Å². The standard InChI is InChI=1S/C13H18ClN/c1-9-6-7-11(9)8-15-13-5-3-4-12(14)10(13)2/h3-5,9,11,15H,6-8H2,1-2H3/t9-,11-/m0/s1. The Labute approximate surface area is 96.8 Å². The molecule has 1 N–H and O–H groups in total. The maximum atomic E-state index is 6.07. The quantitative estimate of drug-likeness (QED) is 0.814.